The quantitative estimate of drug-likeness (QED) is 0.0641. The lowest BCUT2D eigenvalue weighted by atomic mass is 9.84. The molecule has 1 heterocycles. The van der Waals surface area contributed by atoms with Crippen molar-refractivity contribution in [2.24, 2.45) is 5.92 Å². The molecule has 10 nitrogen and oxygen atoms in total. The summed E-state index contributed by atoms with van der Waals surface area (Å²) in [7, 11) is 0. The highest BCUT2D eigenvalue weighted by Gasteiger charge is 2.32. The highest BCUT2D eigenvalue weighted by Crippen LogP contribution is 2.29. The topological polar surface area (TPSA) is 138 Å². The van der Waals surface area contributed by atoms with E-state index >= 15 is 0 Å². The lowest BCUT2D eigenvalue weighted by Crippen LogP contribution is -2.48. The van der Waals surface area contributed by atoms with Crippen molar-refractivity contribution < 1.29 is 33.5 Å². The predicted molar refractivity (Wildman–Crippen MR) is 171 cm³/mol. The van der Waals surface area contributed by atoms with Crippen LogP contribution in [0.15, 0.2) is 71.1 Å². The third-order valence-electron chi connectivity index (χ3n) is 7.99. The zero-order chi connectivity index (χ0) is 32.8. The van der Waals surface area contributed by atoms with Crippen molar-refractivity contribution in [3.8, 4) is 11.3 Å². The van der Waals surface area contributed by atoms with Crippen LogP contribution in [0.1, 0.15) is 87.9 Å². The first-order chi connectivity index (χ1) is 21.6. The lowest BCUT2D eigenvalue weighted by molar-refractivity contribution is -0.200. The van der Waals surface area contributed by atoms with E-state index in [4.69, 9.17) is 9.25 Å². The Morgan fingerprint density at radius 1 is 0.978 bits per heavy atom. The Morgan fingerprint density at radius 2 is 1.73 bits per heavy atom. The summed E-state index contributed by atoms with van der Waals surface area (Å²) in [5.41, 5.74) is 1.05. The van der Waals surface area contributed by atoms with Crippen molar-refractivity contribution in [2.45, 2.75) is 84.3 Å². The summed E-state index contributed by atoms with van der Waals surface area (Å²) in [5, 5.41) is 16.3. The minimum absolute atomic E-state index is 0.0474. The number of carbonyl (C=O) groups is 4. The lowest BCUT2D eigenvalue weighted by Gasteiger charge is -2.32. The number of hydrogen-bond acceptors (Lipinski definition) is 6. The molecule has 0 saturated heterocycles. The molecule has 242 valence electrons. The van der Waals surface area contributed by atoms with Crippen molar-refractivity contribution in [3.63, 3.8) is 0 Å². The van der Waals surface area contributed by atoms with Gasteiger partial charge in [0.25, 0.3) is 5.91 Å². The van der Waals surface area contributed by atoms with Crippen molar-refractivity contribution >= 4 is 24.2 Å². The molecular weight excluding hydrogens is 574 g/mol. The van der Waals surface area contributed by atoms with E-state index in [0.29, 0.717) is 36.1 Å². The molecule has 2 aromatic carbocycles. The van der Waals surface area contributed by atoms with Gasteiger partial charge in [-0.1, -0.05) is 88.1 Å². The van der Waals surface area contributed by atoms with Gasteiger partial charge in [-0.05, 0) is 56.0 Å². The Kier molecular flexibility index (Phi) is 13.4. The SMILES string of the molecule is CCCCCC[C@@H](C(=O)NCNC(=O)c1ccc(-c2cccc(C(C)(C)C(=O)O)c2)o1)[C@@H](CC)N(C=O)OCc1ccccc1. The number of nitrogens with zero attached hydrogens (tertiary/aromatic N) is 1. The largest absolute Gasteiger partial charge is 0.481 e. The van der Waals surface area contributed by atoms with Crippen molar-refractivity contribution in [1.82, 2.24) is 15.7 Å². The molecule has 0 aliphatic rings. The summed E-state index contributed by atoms with van der Waals surface area (Å²) >= 11 is 0. The predicted octanol–water partition coefficient (Wildman–Crippen LogP) is 6.07. The molecule has 0 spiro atoms. The number of nitrogens with one attached hydrogen (secondary N) is 2. The van der Waals surface area contributed by atoms with Crippen molar-refractivity contribution in [1.29, 1.82) is 0 Å². The Hall–Kier alpha value is -4.44. The Balaban J connectivity index is 1.64. The maximum absolute atomic E-state index is 13.4. The first-order valence-electron chi connectivity index (χ1n) is 15.5. The van der Waals surface area contributed by atoms with Gasteiger partial charge >= 0.3 is 5.97 Å². The van der Waals surface area contributed by atoms with E-state index in [1.165, 1.54) is 11.1 Å². The summed E-state index contributed by atoms with van der Waals surface area (Å²) in [4.78, 5) is 55.9. The second-order valence-corrected chi connectivity index (χ2v) is 11.6. The molecule has 3 rings (SSSR count). The number of carbonyl (C=O) groups excluding carboxylic acids is 3. The Bertz CT molecular complexity index is 1400. The van der Waals surface area contributed by atoms with Crippen LogP contribution >= 0.6 is 0 Å². The molecule has 1 aromatic heterocycles. The minimum Gasteiger partial charge on any atom is -0.481 e. The van der Waals surface area contributed by atoms with Gasteiger partial charge in [0, 0.05) is 5.56 Å². The second kappa shape index (κ2) is 17.2. The third kappa shape index (κ3) is 9.78. The molecule has 0 fully saturated rings. The molecular formula is C35H45N3O7. The zero-order valence-electron chi connectivity index (χ0n) is 26.6. The van der Waals surface area contributed by atoms with E-state index in [9.17, 15) is 24.3 Å². The van der Waals surface area contributed by atoms with Gasteiger partial charge in [0.2, 0.25) is 12.3 Å². The van der Waals surface area contributed by atoms with Crippen LogP contribution in [0.4, 0.5) is 0 Å². The number of carboxylic acid groups (broad SMARTS) is 1. The second-order valence-electron chi connectivity index (χ2n) is 11.6. The number of hydroxylamine groups is 2. The van der Waals surface area contributed by atoms with E-state index in [2.05, 4.69) is 17.6 Å². The third-order valence-corrected chi connectivity index (χ3v) is 7.99. The molecule has 45 heavy (non-hydrogen) atoms. The number of unbranched alkanes of at least 4 members (excludes halogenated alkanes) is 3. The molecule has 3 amide bonds. The number of furan rings is 1. The summed E-state index contributed by atoms with van der Waals surface area (Å²) in [6.07, 6.45) is 5.59. The maximum atomic E-state index is 13.4. The minimum atomic E-state index is -1.09. The monoisotopic (exact) mass is 619 g/mol. The average Bonchev–Trinajstić information content (AvgIpc) is 3.55. The molecule has 3 N–H and O–H groups in total. The van der Waals surface area contributed by atoms with Crippen molar-refractivity contribution in [3.05, 3.63) is 83.6 Å². The molecule has 3 aromatic rings. The number of rotatable bonds is 19. The van der Waals surface area contributed by atoms with E-state index in [1.54, 1.807) is 44.2 Å². The van der Waals surface area contributed by atoms with Crippen LogP contribution in [0, 0.1) is 5.92 Å². The van der Waals surface area contributed by atoms with E-state index in [0.717, 1.165) is 31.2 Å². The normalized spacial score (nSPS) is 12.6. The van der Waals surface area contributed by atoms with E-state index in [1.807, 2.05) is 37.3 Å². The molecule has 2 atom stereocenters. The first kappa shape index (κ1) is 35.0. The number of hydrogen-bond donors (Lipinski definition) is 3. The Labute approximate surface area is 265 Å². The fraction of sp³-hybridized carbons (Fsp3) is 0.429. The molecule has 0 saturated carbocycles. The van der Waals surface area contributed by atoms with Gasteiger partial charge in [-0.15, -0.1) is 0 Å². The molecule has 0 radical (unpaired) electrons. The van der Waals surface area contributed by atoms with Gasteiger partial charge in [-0.25, -0.2) is 5.06 Å². The number of carboxylic acids is 1. The van der Waals surface area contributed by atoms with Gasteiger partial charge in [0.05, 0.1) is 24.0 Å². The van der Waals surface area contributed by atoms with Crippen LogP contribution in [-0.2, 0) is 31.2 Å². The zero-order valence-corrected chi connectivity index (χ0v) is 26.6. The van der Waals surface area contributed by atoms with Crippen LogP contribution in [0.5, 0.6) is 0 Å². The molecule has 0 aliphatic carbocycles. The smallest absolute Gasteiger partial charge is 0.313 e. The van der Waals surface area contributed by atoms with Gasteiger partial charge < -0.3 is 20.2 Å². The van der Waals surface area contributed by atoms with Crippen LogP contribution in [-0.4, -0.2) is 47.1 Å². The van der Waals surface area contributed by atoms with Crippen LogP contribution in [0.2, 0.25) is 0 Å². The highest BCUT2D eigenvalue weighted by molar-refractivity contribution is 5.92. The maximum Gasteiger partial charge on any atom is 0.313 e. The van der Waals surface area contributed by atoms with Gasteiger partial charge in [0.15, 0.2) is 5.76 Å². The molecule has 10 heteroatoms. The summed E-state index contributed by atoms with van der Waals surface area (Å²) in [5.74, 6) is -1.83. The van der Waals surface area contributed by atoms with Crippen molar-refractivity contribution in [2.75, 3.05) is 6.67 Å². The van der Waals surface area contributed by atoms with Gasteiger partial charge in [-0.2, -0.15) is 0 Å². The van der Waals surface area contributed by atoms with Gasteiger partial charge in [0.1, 0.15) is 12.4 Å². The summed E-state index contributed by atoms with van der Waals surface area (Å²) in [6.45, 7) is 7.33. The van der Waals surface area contributed by atoms with Crippen LogP contribution < -0.4 is 10.6 Å². The van der Waals surface area contributed by atoms with E-state index in [-0.39, 0.29) is 24.9 Å². The van der Waals surface area contributed by atoms with Crippen LogP contribution in [0.3, 0.4) is 0 Å². The summed E-state index contributed by atoms with van der Waals surface area (Å²) < 4.78 is 5.77. The highest BCUT2D eigenvalue weighted by atomic mass is 16.7. The fourth-order valence-corrected chi connectivity index (χ4v) is 5.09. The number of aliphatic carboxylic acids is 1. The summed E-state index contributed by atoms with van der Waals surface area (Å²) in [6, 6.07) is 19.2. The standard InChI is InChI=1S/C35H45N3O7/c1-5-7-8-12-18-28(29(6-2)38(24-39)44-22-25-14-10-9-11-15-25)32(40)36-23-37-33(41)31-20-19-30(45-31)26-16-13-17-27(21-26)35(3,4)34(42)43/h9-11,13-17,19-21,24,28-29H,5-8,12,18,22-23H2,1-4H3,(H,36,40)(H,37,41)(H,42,43)/t28-,29-/m1/s1. The average molecular weight is 620 g/mol. The Morgan fingerprint density at radius 3 is 2.40 bits per heavy atom. The molecule has 0 aliphatic heterocycles. The van der Waals surface area contributed by atoms with Crippen LogP contribution in [0.25, 0.3) is 11.3 Å². The molecule has 0 bridgehead atoms. The van der Waals surface area contributed by atoms with E-state index < -0.39 is 29.3 Å². The first-order valence-corrected chi connectivity index (χ1v) is 15.5. The number of amides is 3. The number of benzene rings is 2. The fourth-order valence-electron chi connectivity index (χ4n) is 5.09. The molecule has 0 unspecified atom stereocenters. The van der Waals surface area contributed by atoms with Gasteiger partial charge in [-0.3, -0.25) is 24.0 Å².